The molecule has 0 saturated heterocycles. The van der Waals surface area contributed by atoms with Crippen molar-refractivity contribution < 1.29 is 4.79 Å². The van der Waals surface area contributed by atoms with E-state index in [4.69, 9.17) is 0 Å². The summed E-state index contributed by atoms with van der Waals surface area (Å²) in [5.41, 5.74) is -0.482. The second-order valence-electron chi connectivity index (χ2n) is 5.15. The van der Waals surface area contributed by atoms with Crippen molar-refractivity contribution in [2.75, 3.05) is 26.7 Å². The SMILES string of the molecule is CCNC(C)(C)C(=O)NCCN(C)C(C)CC. The van der Waals surface area contributed by atoms with Crippen LogP contribution in [0.4, 0.5) is 0 Å². The Labute approximate surface area is 106 Å². The van der Waals surface area contributed by atoms with Gasteiger partial charge in [-0.05, 0) is 40.8 Å². The van der Waals surface area contributed by atoms with E-state index in [1.54, 1.807) is 0 Å². The maximum Gasteiger partial charge on any atom is 0.239 e. The molecule has 0 bridgehead atoms. The first kappa shape index (κ1) is 16.4. The topological polar surface area (TPSA) is 44.4 Å². The monoisotopic (exact) mass is 243 g/mol. The average Bonchev–Trinajstić information content (AvgIpc) is 2.27. The van der Waals surface area contributed by atoms with Crippen molar-refractivity contribution in [3.05, 3.63) is 0 Å². The van der Waals surface area contributed by atoms with Gasteiger partial charge in [0.25, 0.3) is 0 Å². The zero-order chi connectivity index (χ0) is 13.5. The second kappa shape index (κ2) is 7.67. The zero-order valence-electron chi connectivity index (χ0n) is 12.3. The molecule has 0 heterocycles. The molecule has 4 nitrogen and oxygen atoms in total. The third-order valence-electron chi connectivity index (χ3n) is 3.28. The highest BCUT2D eigenvalue weighted by molar-refractivity contribution is 5.85. The predicted molar refractivity (Wildman–Crippen MR) is 73.1 cm³/mol. The number of carbonyl (C=O) groups excluding carboxylic acids is 1. The fourth-order valence-electron chi connectivity index (χ4n) is 1.62. The van der Waals surface area contributed by atoms with E-state index < -0.39 is 5.54 Å². The molecule has 0 aromatic carbocycles. The molecule has 4 heteroatoms. The molecule has 1 unspecified atom stereocenters. The quantitative estimate of drug-likeness (QED) is 0.674. The van der Waals surface area contributed by atoms with Crippen LogP contribution in [0.15, 0.2) is 0 Å². The molecule has 0 aromatic rings. The normalized spacial score (nSPS) is 13.8. The standard InChI is InChI=1S/C13H29N3O/c1-7-11(3)16(6)10-9-14-12(17)13(4,5)15-8-2/h11,15H,7-10H2,1-6H3,(H,14,17). The van der Waals surface area contributed by atoms with E-state index in [0.717, 1.165) is 19.5 Å². The molecule has 0 aromatic heterocycles. The van der Waals surface area contributed by atoms with E-state index in [9.17, 15) is 4.79 Å². The predicted octanol–water partition coefficient (Wildman–Crippen LogP) is 1.22. The van der Waals surface area contributed by atoms with E-state index in [-0.39, 0.29) is 5.91 Å². The molecule has 17 heavy (non-hydrogen) atoms. The Balaban J connectivity index is 3.93. The van der Waals surface area contributed by atoms with Crippen LogP contribution < -0.4 is 10.6 Å². The third-order valence-corrected chi connectivity index (χ3v) is 3.28. The van der Waals surface area contributed by atoms with Crippen molar-refractivity contribution in [1.29, 1.82) is 0 Å². The fraction of sp³-hybridized carbons (Fsp3) is 0.923. The lowest BCUT2D eigenvalue weighted by molar-refractivity contribution is -0.126. The molecule has 1 amide bonds. The van der Waals surface area contributed by atoms with Gasteiger partial charge in [0.1, 0.15) is 0 Å². The maximum atomic E-state index is 11.9. The Bertz CT molecular complexity index is 229. The number of hydrogen-bond donors (Lipinski definition) is 2. The molecule has 0 aliphatic carbocycles. The highest BCUT2D eigenvalue weighted by Gasteiger charge is 2.25. The summed E-state index contributed by atoms with van der Waals surface area (Å²) in [7, 11) is 2.09. The first-order valence-corrected chi connectivity index (χ1v) is 6.58. The second-order valence-corrected chi connectivity index (χ2v) is 5.15. The van der Waals surface area contributed by atoms with Crippen LogP contribution in [0.5, 0.6) is 0 Å². The maximum absolute atomic E-state index is 11.9. The molecule has 0 saturated carbocycles. The number of carbonyl (C=O) groups is 1. The number of nitrogens with zero attached hydrogens (tertiary/aromatic N) is 1. The van der Waals surface area contributed by atoms with E-state index in [1.165, 1.54) is 0 Å². The molecule has 102 valence electrons. The lowest BCUT2D eigenvalue weighted by Crippen LogP contribution is -2.53. The van der Waals surface area contributed by atoms with Gasteiger partial charge in [-0.3, -0.25) is 4.79 Å². The lowest BCUT2D eigenvalue weighted by Gasteiger charge is -2.27. The Hall–Kier alpha value is -0.610. The van der Waals surface area contributed by atoms with Crippen LogP contribution in [0, 0.1) is 0 Å². The highest BCUT2D eigenvalue weighted by Crippen LogP contribution is 2.02. The summed E-state index contributed by atoms with van der Waals surface area (Å²) in [5.74, 6) is 0.0666. The molecule has 1 atom stereocenters. The summed E-state index contributed by atoms with van der Waals surface area (Å²) in [6.07, 6.45) is 1.13. The Morgan fingerprint density at radius 2 is 1.94 bits per heavy atom. The molecular formula is C13H29N3O. The molecule has 0 aliphatic rings. The van der Waals surface area contributed by atoms with Crippen LogP contribution in [0.1, 0.15) is 41.0 Å². The van der Waals surface area contributed by atoms with Gasteiger partial charge in [0, 0.05) is 19.1 Å². The van der Waals surface area contributed by atoms with Crippen molar-refractivity contribution in [3.8, 4) is 0 Å². The van der Waals surface area contributed by atoms with Crippen LogP contribution >= 0.6 is 0 Å². The molecule has 2 N–H and O–H groups in total. The first-order chi connectivity index (χ1) is 7.85. The van der Waals surface area contributed by atoms with Gasteiger partial charge in [0.05, 0.1) is 5.54 Å². The van der Waals surface area contributed by atoms with Gasteiger partial charge < -0.3 is 15.5 Å². The Morgan fingerprint density at radius 3 is 2.41 bits per heavy atom. The third kappa shape index (κ3) is 6.03. The van der Waals surface area contributed by atoms with Crippen LogP contribution in [0.2, 0.25) is 0 Å². The van der Waals surface area contributed by atoms with Gasteiger partial charge in [-0.15, -0.1) is 0 Å². The van der Waals surface area contributed by atoms with Crippen molar-refractivity contribution in [1.82, 2.24) is 15.5 Å². The van der Waals surface area contributed by atoms with Crippen molar-refractivity contribution >= 4 is 5.91 Å². The number of hydrogen-bond acceptors (Lipinski definition) is 3. The van der Waals surface area contributed by atoms with Crippen molar-refractivity contribution in [2.45, 2.75) is 52.6 Å². The molecule has 0 fully saturated rings. The van der Waals surface area contributed by atoms with Gasteiger partial charge in [-0.2, -0.15) is 0 Å². The minimum Gasteiger partial charge on any atom is -0.353 e. The van der Waals surface area contributed by atoms with E-state index in [0.29, 0.717) is 12.6 Å². The number of amides is 1. The Kier molecular flexibility index (Phi) is 7.39. The summed E-state index contributed by atoms with van der Waals surface area (Å²) in [6.45, 7) is 12.6. The lowest BCUT2D eigenvalue weighted by atomic mass is 10.0. The van der Waals surface area contributed by atoms with Gasteiger partial charge in [0.15, 0.2) is 0 Å². The minimum absolute atomic E-state index is 0.0666. The minimum atomic E-state index is -0.482. The summed E-state index contributed by atoms with van der Waals surface area (Å²) < 4.78 is 0. The van der Waals surface area contributed by atoms with Crippen molar-refractivity contribution in [3.63, 3.8) is 0 Å². The average molecular weight is 243 g/mol. The number of rotatable bonds is 8. The largest absolute Gasteiger partial charge is 0.353 e. The van der Waals surface area contributed by atoms with Crippen LogP contribution in [0.25, 0.3) is 0 Å². The first-order valence-electron chi connectivity index (χ1n) is 6.58. The number of nitrogens with one attached hydrogen (secondary N) is 2. The molecular weight excluding hydrogens is 214 g/mol. The van der Waals surface area contributed by atoms with Gasteiger partial charge in [-0.1, -0.05) is 13.8 Å². The van der Waals surface area contributed by atoms with Gasteiger partial charge in [-0.25, -0.2) is 0 Å². The molecule has 0 radical (unpaired) electrons. The highest BCUT2D eigenvalue weighted by atomic mass is 16.2. The molecule has 0 spiro atoms. The smallest absolute Gasteiger partial charge is 0.239 e. The van der Waals surface area contributed by atoms with Crippen LogP contribution in [-0.4, -0.2) is 49.1 Å². The van der Waals surface area contributed by atoms with E-state index in [1.807, 2.05) is 20.8 Å². The van der Waals surface area contributed by atoms with Gasteiger partial charge in [0.2, 0.25) is 5.91 Å². The summed E-state index contributed by atoms with van der Waals surface area (Å²) in [5, 5.41) is 6.14. The van der Waals surface area contributed by atoms with Crippen LogP contribution in [-0.2, 0) is 4.79 Å². The fourth-order valence-corrected chi connectivity index (χ4v) is 1.62. The Morgan fingerprint density at radius 1 is 1.35 bits per heavy atom. The summed E-state index contributed by atoms with van der Waals surface area (Å²) in [6, 6.07) is 0.564. The molecule has 0 aliphatic heterocycles. The van der Waals surface area contributed by atoms with Gasteiger partial charge >= 0.3 is 0 Å². The number of likely N-dealkylation sites (N-methyl/N-ethyl adjacent to an activating group) is 2. The van der Waals surface area contributed by atoms with Crippen LogP contribution in [0.3, 0.4) is 0 Å². The van der Waals surface area contributed by atoms with Crippen molar-refractivity contribution in [2.24, 2.45) is 0 Å². The summed E-state index contributed by atoms with van der Waals surface area (Å²) >= 11 is 0. The van der Waals surface area contributed by atoms with E-state index in [2.05, 4.69) is 36.4 Å². The molecule has 0 rings (SSSR count). The van der Waals surface area contributed by atoms with E-state index >= 15 is 0 Å². The zero-order valence-corrected chi connectivity index (χ0v) is 12.3. The summed E-state index contributed by atoms with van der Waals surface area (Å²) in [4.78, 5) is 14.1.